The van der Waals surface area contributed by atoms with E-state index in [2.05, 4.69) is 34.0 Å². The van der Waals surface area contributed by atoms with Gasteiger partial charge < -0.3 is 20.3 Å². The number of hydrogen-bond acceptors (Lipinski definition) is 4. The van der Waals surface area contributed by atoms with E-state index in [-0.39, 0.29) is 41.8 Å². The van der Waals surface area contributed by atoms with Crippen molar-refractivity contribution in [3.05, 3.63) is 22.4 Å². The monoisotopic (exact) mass is 506 g/mol. The molecule has 2 N–H and O–H groups in total. The number of ether oxygens (including phenoxy) is 1. The molecule has 1 heterocycles. The summed E-state index contributed by atoms with van der Waals surface area (Å²) >= 11 is 1.71. The number of aliphatic imine (C=N–C) groups is 1. The Morgan fingerprint density at radius 1 is 1.44 bits per heavy atom. The Morgan fingerprint density at radius 2 is 2.22 bits per heavy atom. The number of guanidine groups is 1. The van der Waals surface area contributed by atoms with E-state index >= 15 is 0 Å². The van der Waals surface area contributed by atoms with Crippen molar-refractivity contribution in [1.29, 1.82) is 0 Å². The van der Waals surface area contributed by atoms with Crippen molar-refractivity contribution >= 4 is 47.2 Å². The van der Waals surface area contributed by atoms with E-state index in [1.165, 1.54) is 24.1 Å². The van der Waals surface area contributed by atoms with Gasteiger partial charge in [0, 0.05) is 37.0 Å². The third kappa shape index (κ3) is 5.14. The second-order valence-corrected chi connectivity index (χ2v) is 8.38. The summed E-state index contributed by atoms with van der Waals surface area (Å²) < 4.78 is 5.94. The largest absolute Gasteiger partial charge is 0.378 e. The molecule has 1 aromatic rings. The number of halogens is 1. The van der Waals surface area contributed by atoms with Crippen molar-refractivity contribution in [3.8, 4) is 0 Å². The maximum Gasteiger partial charge on any atom is 0.243 e. The molecule has 1 amide bonds. The summed E-state index contributed by atoms with van der Waals surface area (Å²) in [7, 11) is 3.51. The molecule has 2 aliphatic carbocycles. The summed E-state index contributed by atoms with van der Waals surface area (Å²) in [5, 5.41) is 9.04. The highest BCUT2D eigenvalue weighted by atomic mass is 127. The van der Waals surface area contributed by atoms with Crippen LogP contribution in [0.15, 0.2) is 22.5 Å². The summed E-state index contributed by atoms with van der Waals surface area (Å²) in [5.41, 5.74) is 0.257. The molecule has 0 saturated heterocycles. The average Bonchev–Trinajstić information content (AvgIpc) is 3.07. The molecule has 6 nitrogen and oxygen atoms in total. The predicted octanol–water partition coefficient (Wildman–Crippen LogP) is 2.84. The summed E-state index contributed by atoms with van der Waals surface area (Å²) in [6.07, 6.45) is 5.07. The van der Waals surface area contributed by atoms with Gasteiger partial charge in [-0.2, -0.15) is 0 Å². The van der Waals surface area contributed by atoms with Crippen LogP contribution in [0.5, 0.6) is 0 Å². The van der Waals surface area contributed by atoms with Gasteiger partial charge in [0.15, 0.2) is 5.96 Å². The Hall–Kier alpha value is -0.870. The molecular weight excluding hydrogens is 475 g/mol. The molecule has 152 valence electrons. The molecule has 2 atom stereocenters. The Kier molecular flexibility index (Phi) is 8.36. The van der Waals surface area contributed by atoms with Crippen molar-refractivity contribution in [2.45, 2.75) is 51.3 Å². The topological polar surface area (TPSA) is 66.0 Å². The highest BCUT2D eigenvalue weighted by Gasteiger charge is 2.59. The summed E-state index contributed by atoms with van der Waals surface area (Å²) in [6.45, 7) is 3.71. The van der Waals surface area contributed by atoms with Gasteiger partial charge in [-0.05, 0) is 37.6 Å². The maximum absolute atomic E-state index is 11.9. The zero-order valence-electron chi connectivity index (χ0n) is 16.4. The van der Waals surface area contributed by atoms with Crippen LogP contribution < -0.4 is 10.6 Å². The number of thiophene rings is 1. The zero-order valence-corrected chi connectivity index (χ0v) is 19.5. The van der Waals surface area contributed by atoms with Crippen molar-refractivity contribution in [2.24, 2.45) is 10.4 Å². The van der Waals surface area contributed by atoms with Gasteiger partial charge in [0.2, 0.25) is 5.91 Å². The fourth-order valence-corrected chi connectivity index (χ4v) is 4.47. The molecule has 27 heavy (non-hydrogen) atoms. The number of carbonyl (C=O) groups is 1. The summed E-state index contributed by atoms with van der Waals surface area (Å²) in [4.78, 5) is 19.3. The number of rotatable bonds is 7. The molecule has 2 aliphatic rings. The molecule has 2 saturated carbocycles. The first-order valence-electron chi connectivity index (χ1n) is 9.44. The van der Waals surface area contributed by atoms with Crippen LogP contribution in [0.4, 0.5) is 0 Å². The first-order chi connectivity index (χ1) is 12.5. The van der Waals surface area contributed by atoms with Crippen LogP contribution >= 0.6 is 35.3 Å². The van der Waals surface area contributed by atoms with E-state index in [1.54, 1.807) is 30.3 Å². The third-order valence-corrected chi connectivity index (χ3v) is 6.51. The first-order valence-corrected chi connectivity index (χ1v) is 10.3. The minimum atomic E-state index is 0. The Morgan fingerprint density at radius 3 is 2.78 bits per heavy atom. The lowest BCUT2D eigenvalue weighted by atomic mass is 9.51. The van der Waals surface area contributed by atoms with E-state index in [0.717, 1.165) is 19.0 Å². The number of carbonyl (C=O) groups excluding carboxylic acids is 1. The molecule has 1 aromatic heterocycles. The maximum atomic E-state index is 11.9. The van der Waals surface area contributed by atoms with Crippen LogP contribution in [-0.4, -0.2) is 56.2 Å². The lowest BCUT2D eigenvalue weighted by Gasteiger charge is -2.61. The third-order valence-electron chi connectivity index (χ3n) is 5.63. The number of nitrogens with one attached hydrogen (secondary N) is 2. The van der Waals surface area contributed by atoms with Gasteiger partial charge in [0.1, 0.15) is 6.54 Å². The molecule has 0 aromatic carbocycles. The van der Waals surface area contributed by atoms with Crippen molar-refractivity contribution in [1.82, 2.24) is 15.5 Å². The molecule has 3 rings (SSSR count). The fraction of sp³-hybridized carbons (Fsp3) is 0.684. The fourth-order valence-electron chi connectivity index (χ4n) is 3.83. The minimum absolute atomic E-state index is 0. The Labute approximate surface area is 183 Å². The normalized spacial score (nSPS) is 23.0. The molecule has 8 heteroatoms. The van der Waals surface area contributed by atoms with Gasteiger partial charge in [0.05, 0.1) is 12.6 Å². The van der Waals surface area contributed by atoms with Crippen LogP contribution in [0.25, 0.3) is 0 Å². The highest BCUT2D eigenvalue weighted by molar-refractivity contribution is 14.0. The second-order valence-electron chi connectivity index (χ2n) is 7.35. The molecule has 2 unspecified atom stereocenters. The van der Waals surface area contributed by atoms with Crippen LogP contribution in [0.3, 0.4) is 0 Å². The number of amides is 1. The summed E-state index contributed by atoms with van der Waals surface area (Å²) in [6, 6.07) is 4.52. The lowest BCUT2D eigenvalue weighted by molar-refractivity contribution is -0.168. The van der Waals surface area contributed by atoms with Gasteiger partial charge in [-0.25, -0.2) is 4.99 Å². The second kappa shape index (κ2) is 10.1. The minimum Gasteiger partial charge on any atom is -0.378 e. The van der Waals surface area contributed by atoms with Gasteiger partial charge in [-0.15, -0.1) is 35.3 Å². The Balaban J connectivity index is 0.00000261. The van der Waals surface area contributed by atoms with Crippen LogP contribution in [0, 0.1) is 5.41 Å². The van der Waals surface area contributed by atoms with Crippen molar-refractivity contribution < 1.29 is 9.53 Å². The number of likely N-dealkylation sites (N-methyl/N-ethyl adjacent to an activating group) is 1. The molecule has 1 spiro atoms. The van der Waals surface area contributed by atoms with Crippen molar-refractivity contribution in [2.75, 3.05) is 27.2 Å². The zero-order chi connectivity index (χ0) is 18.6. The molecule has 0 aliphatic heterocycles. The highest BCUT2D eigenvalue weighted by Crippen LogP contribution is 2.57. The van der Waals surface area contributed by atoms with Crippen LogP contribution in [0.1, 0.15) is 37.5 Å². The molecule has 0 bridgehead atoms. The van der Waals surface area contributed by atoms with E-state index < -0.39 is 0 Å². The van der Waals surface area contributed by atoms with Crippen molar-refractivity contribution in [3.63, 3.8) is 0 Å². The van der Waals surface area contributed by atoms with E-state index in [0.29, 0.717) is 18.7 Å². The number of nitrogens with zero attached hydrogens (tertiary/aromatic N) is 2. The quantitative estimate of drug-likeness (QED) is 0.339. The van der Waals surface area contributed by atoms with Crippen LogP contribution in [0.2, 0.25) is 0 Å². The average molecular weight is 506 g/mol. The standard InChI is InChI=1S/C19H30N4O2S.HI/c1-4-25-16-11-15(19(16)8-6-9-19)22-18(21-13-17(24)23(2)3)20-12-14-7-5-10-26-14;/h5,7,10,15-16H,4,6,8-9,11-13H2,1-3H3,(H2,20,21,22);1H. The van der Waals surface area contributed by atoms with Gasteiger partial charge in [-0.1, -0.05) is 12.5 Å². The Bertz CT molecular complexity index is 632. The summed E-state index contributed by atoms with van der Waals surface area (Å²) in [5.74, 6) is 0.723. The lowest BCUT2D eigenvalue weighted by Crippen LogP contribution is -2.68. The van der Waals surface area contributed by atoms with Crippen LogP contribution in [-0.2, 0) is 16.1 Å². The smallest absolute Gasteiger partial charge is 0.243 e. The molecule has 2 fully saturated rings. The van der Waals surface area contributed by atoms with E-state index in [4.69, 9.17) is 4.74 Å². The molecular formula is C19H31IN4O2S. The predicted molar refractivity (Wildman–Crippen MR) is 121 cm³/mol. The van der Waals surface area contributed by atoms with Gasteiger partial charge >= 0.3 is 0 Å². The van der Waals surface area contributed by atoms with E-state index in [9.17, 15) is 4.79 Å². The van der Waals surface area contributed by atoms with Gasteiger partial charge in [-0.3, -0.25) is 4.79 Å². The first kappa shape index (κ1) is 22.4. The number of hydrogen-bond donors (Lipinski definition) is 2. The molecule has 0 radical (unpaired) electrons. The van der Waals surface area contributed by atoms with E-state index in [1.807, 2.05) is 6.07 Å². The SMILES string of the molecule is CCOC1CC(NC(=NCC(=O)N(C)C)NCc2cccs2)C12CCC2.I. The van der Waals surface area contributed by atoms with Gasteiger partial charge in [0.25, 0.3) is 0 Å².